The summed E-state index contributed by atoms with van der Waals surface area (Å²) in [5, 5.41) is 26.9. The Bertz CT molecular complexity index is 3580. The van der Waals surface area contributed by atoms with Crippen molar-refractivity contribution in [3.05, 3.63) is 102 Å². The Balaban J connectivity index is 0.708. The van der Waals surface area contributed by atoms with Gasteiger partial charge in [0.25, 0.3) is 29.5 Å². The molecule has 35 heteroatoms. The Hall–Kier alpha value is -10.3. The molecule has 10 amide bonds. The fraction of sp³-hybridized carbons (Fsp3) is 0.476. The molecule has 11 N–H and O–H groups in total. The van der Waals surface area contributed by atoms with Gasteiger partial charge >= 0.3 is 0 Å². The molecule has 6 rings (SSSR count). The summed E-state index contributed by atoms with van der Waals surface area (Å²) >= 11 is 0. The number of amides is 10. The second-order valence-electron chi connectivity index (χ2n) is 22.1. The van der Waals surface area contributed by atoms with Crippen LogP contribution in [0.3, 0.4) is 0 Å². The van der Waals surface area contributed by atoms with Crippen LogP contribution in [0.15, 0.2) is 73.6 Å². The van der Waals surface area contributed by atoms with E-state index in [1.807, 2.05) is 7.05 Å². The Labute approximate surface area is 565 Å². The van der Waals surface area contributed by atoms with E-state index in [-0.39, 0.29) is 116 Å². The van der Waals surface area contributed by atoms with Crippen LogP contribution in [0, 0.1) is 0 Å². The second-order valence-corrected chi connectivity index (χ2v) is 22.1. The number of benzene rings is 1. The van der Waals surface area contributed by atoms with Gasteiger partial charge in [0.15, 0.2) is 23.3 Å². The van der Waals surface area contributed by atoms with Gasteiger partial charge in [0.05, 0.1) is 77.4 Å². The molecule has 35 nitrogen and oxygen atoms in total. The summed E-state index contributed by atoms with van der Waals surface area (Å²) < 4.78 is 39.1. The van der Waals surface area contributed by atoms with Crippen LogP contribution in [0.4, 0.5) is 28.7 Å². The van der Waals surface area contributed by atoms with Gasteiger partial charge < -0.3 is 110 Å². The van der Waals surface area contributed by atoms with Gasteiger partial charge in [0.2, 0.25) is 35.4 Å². The average Bonchev–Trinajstić information content (AvgIpc) is 1.79. The number of carbonyl (C=O) groups excluding carboxylic acids is 10. The zero-order valence-corrected chi connectivity index (χ0v) is 56.0. The Kier molecular flexibility index (Phi) is 32.5. The number of rotatable bonds is 46. The molecular weight excluding hydrogens is 1280 g/mol. The van der Waals surface area contributed by atoms with Crippen LogP contribution >= 0.6 is 0 Å². The molecular formula is C63H89N19O16. The largest absolute Gasteiger partial charge is 0.491 e. The van der Waals surface area contributed by atoms with Gasteiger partial charge in [-0.3, -0.25) is 47.9 Å². The number of imidazole rings is 3. The SMILES string of the molecule is CC(=O)Nc1ccc(OCCOCCOCCOCCOCCOCCC(=O)NCCCN(C)CCCNC(=O)CCNC(=O)c2nc(NC(=O)CCNC(=O)c3cc(NC(=O)c4nc(NC(=O)CCNC(=O)c5cc(NC(=O)c6nccn6C)cn5C)cn4C)cn3C)c[nH]2)cc1. The maximum absolute atomic E-state index is 13.3. The zero-order chi connectivity index (χ0) is 70.6. The van der Waals surface area contributed by atoms with Gasteiger partial charge in [0, 0.05) is 136 Å². The first-order valence-corrected chi connectivity index (χ1v) is 31.8. The van der Waals surface area contributed by atoms with Crippen molar-refractivity contribution in [1.82, 2.24) is 69.7 Å². The van der Waals surface area contributed by atoms with Crippen LogP contribution < -0.4 is 57.9 Å². The molecule has 5 heterocycles. The van der Waals surface area contributed by atoms with Crippen LogP contribution in [0.2, 0.25) is 0 Å². The number of aromatic amines is 1. The van der Waals surface area contributed by atoms with E-state index in [2.05, 4.69) is 78.0 Å². The predicted octanol–water partition coefficient (Wildman–Crippen LogP) is 1.15. The lowest BCUT2D eigenvalue weighted by Crippen LogP contribution is -2.33. The monoisotopic (exact) mass is 1370 g/mol. The Morgan fingerprint density at radius 3 is 1.46 bits per heavy atom. The maximum Gasteiger partial charge on any atom is 0.291 e. The zero-order valence-electron chi connectivity index (χ0n) is 56.0. The number of hydrogen-bond donors (Lipinski definition) is 11. The molecule has 0 unspecified atom stereocenters. The number of ether oxygens (including phenoxy) is 6. The lowest BCUT2D eigenvalue weighted by atomic mass is 10.3. The van der Waals surface area contributed by atoms with Gasteiger partial charge in [-0.2, -0.15) is 0 Å². The molecule has 0 saturated heterocycles. The summed E-state index contributed by atoms with van der Waals surface area (Å²) in [6.45, 7) is 8.21. The molecule has 0 atom stereocenters. The van der Waals surface area contributed by atoms with Crippen molar-refractivity contribution < 1.29 is 76.4 Å². The minimum atomic E-state index is -0.639. The molecule has 0 aliphatic heterocycles. The summed E-state index contributed by atoms with van der Waals surface area (Å²) in [6, 6.07) is 10.0. The van der Waals surface area contributed by atoms with E-state index in [0.29, 0.717) is 103 Å². The van der Waals surface area contributed by atoms with E-state index >= 15 is 0 Å². The normalized spacial score (nSPS) is 11.0. The number of aryl methyl sites for hydroxylation is 4. The summed E-state index contributed by atoms with van der Waals surface area (Å²) in [5.74, 6) is -3.25. The van der Waals surface area contributed by atoms with E-state index in [1.54, 1.807) is 69.4 Å². The van der Waals surface area contributed by atoms with E-state index < -0.39 is 41.4 Å². The fourth-order valence-corrected chi connectivity index (χ4v) is 9.10. The number of nitrogens with one attached hydrogen (secondary N) is 11. The van der Waals surface area contributed by atoms with Gasteiger partial charge in [-0.15, -0.1) is 0 Å². The predicted molar refractivity (Wildman–Crippen MR) is 358 cm³/mol. The average molecular weight is 1370 g/mol. The third kappa shape index (κ3) is 28.2. The first-order valence-electron chi connectivity index (χ1n) is 31.8. The lowest BCUT2D eigenvalue weighted by molar-refractivity contribution is -0.122. The van der Waals surface area contributed by atoms with Crippen LogP contribution in [0.5, 0.6) is 5.75 Å². The van der Waals surface area contributed by atoms with Crippen molar-refractivity contribution in [1.29, 1.82) is 0 Å². The number of nitrogens with zero attached hydrogens (tertiary/aromatic N) is 8. The minimum absolute atomic E-state index is 0.0283. The highest BCUT2D eigenvalue weighted by Gasteiger charge is 2.21. The van der Waals surface area contributed by atoms with Crippen molar-refractivity contribution in [2.75, 3.05) is 152 Å². The van der Waals surface area contributed by atoms with Crippen LogP contribution in [-0.4, -0.2) is 228 Å². The second kappa shape index (κ2) is 41.6. The lowest BCUT2D eigenvalue weighted by Gasteiger charge is -2.16. The van der Waals surface area contributed by atoms with Crippen molar-refractivity contribution >= 4 is 87.8 Å². The van der Waals surface area contributed by atoms with Crippen molar-refractivity contribution in [3.63, 3.8) is 0 Å². The van der Waals surface area contributed by atoms with Crippen molar-refractivity contribution in [2.24, 2.45) is 28.2 Å². The van der Waals surface area contributed by atoms with Crippen molar-refractivity contribution in [2.45, 2.75) is 45.4 Å². The quantitative estimate of drug-likeness (QED) is 0.0239. The smallest absolute Gasteiger partial charge is 0.291 e. The number of carbonyl (C=O) groups is 10. The van der Waals surface area contributed by atoms with Gasteiger partial charge in [-0.25, -0.2) is 15.0 Å². The minimum Gasteiger partial charge on any atom is -0.491 e. The fourth-order valence-electron chi connectivity index (χ4n) is 9.10. The highest BCUT2D eigenvalue weighted by atomic mass is 16.6. The number of aromatic nitrogens is 8. The molecule has 98 heavy (non-hydrogen) atoms. The maximum atomic E-state index is 13.3. The molecule has 0 saturated carbocycles. The molecule has 532 valence electrons. The highest BCUT2D eigenvalue weighted by molar-refractivity contribution is 6.05. The van der Waals surface area contributed by atoms with E-state index in [4.69, 9.17) is 28.4 Å². The summed E-state index contributed by atoms with van der Waals surface area (Å²) in [4.78, 5) is 143. The molecule has 0 aliphatic rings. The van der Waals surface area contributed by atoms with Crippen LogP contribution in [0.25, 0.3) is 0 Å². The molecule has 0 radical (unpaired) electrons. The standard InChI is InChI=1S/C63H89N19O16/c1-43(83)71-44-9-11-47(12-10-44)98-36-35-97-34-33-96-32-31-95-30-29-94-28-27-93-26-16-53(85)65-18-8-24-78(2)23-7-17-64-52(84)13-19-69-61(90)56-70-39-50(76-56)74-54(86)14-20-67-60(89)49-38-46(41-81(49)5)73-63(92)58-77-51(42-82(58)6)75-55(87)15-21-68-59(88)48-37-45(40-80(48)4)72-62(91)57-66-22-25-79(57)3/h9-12,22,25,37-42H,7-8,13-21,23-24,26-36H2,1-6H3,(H,64,84)(H,65,85)(H,67,89)(H,68,88)(H,69,90)(H,70,76)(H,71,83)(H,72,91)(H,73,92)(H,74,86)(H,75,87). The van der Waals surface area contributed by atoms with Crippen LogP contribution in [-0.2, 0) is 75.8 Å². The first kappa shape index (κ1) is 76.7. The molecule has 0 spiro atoms. The molecule has 1 aromatic carbocycles. The van der Waals surface area contributed by atoms with Gasteiger partial charge in [0.1, 0.15) is 23.7 Å². The highest BCUT2D eigenvalue weighted by Crippen LogP contribution is 2.18. The number of H-pyrrole nitrogens is 1. The number of hydrogen-bond acceptors (Lipinski definition) is 20. The van der Waals surface area contributed by atoms with Crippen molar-refractivity contribution in [3.8, 4) is 5.75 Å². The molecule has 0 fully saturated rings. The van der Waals surface area contributed by atoms with Gasteiger partial charge in [-0.1, -0.05) is 0 Å². The summed E-state index contributed by atoms with van der Waals surface area (Å²) in [5.41, 5.74) is 1.76. The van der Waals surface area contributed by atoms with E-state index in [9.17, 15) is 47.9 Å². The Morgan fingerprint density at radius 1 is 0.459 bits per heavy atom. The first-order chi connectivity index (χ1) is 47.2. The molecule has 0 aliphatic carbocycles. The molecule has 0 bridgehead atoms. The third-order valence-corrected chi connectivity index (χ3v) is 14.0. The third-order valence-electron chi connectivity index (χ3n) is 14.0. The summed E-state index contributed by atoms with van der Waals surface area (Å²) in [6.07, 6.45) is 10.4. The summed E-state index contributed by atoms with van der Waals surface area (Å²) in [7, 11) is 8.43. The Morgan fingerprint density at radius 2 is 0.939 bits per heavy atom. The van der Waals surface area contributed by atoms with E-state index in [0.717, 1.165) is 19.5 Å². The topological polar surface area (TPSA) is 424 Å². The van der Waals surface area contributed by atoms with E-state index in [1.165, 1.54) is 57.5 Å². The van der Waals surface area contributed by atoms with Gasteiger partial charge in [-0.05, 0) is 69.4 Å². The molecule has 6 aromatic rings. The molecule has 5 aromatic heterocycles. The van der Waals surface area contributed by atoms with Crippen LogP contribution in [0.1, 0.15) is 98.3 Å². The number of anilines is 5.